The van der Waals surface area contributed by atoms with Gasteiger partial charge in [-0.3, -0.25) is 14.4 Å². The third kappa shape index (κ3) is 2.10. The summed E-state index contributed by atoms with van der Waals surface area (Å²) < 4.78 is 0. The Labute approximate surface area is 97.9 Å². The Morgan fingerprint density at radius 3 is 2.71 bits per heavy atom. The van der Waals surface area contributed by atoms with Crippen LogP contribution in [0.3, 0.4) is 0 Å². The van der Waals surface area contributed by atoms with Gasteiger partial charge in [-0.05, 0) is 12.8 Å². The Hall–Kier alpha value is -1.63. The first-order valence-corrected chi connectivity index (χ1v) is 5.53. The second-order valence-electron chi connectivity index (χ2n) is 4.63. The predicted octanol–water partition coefficient (Wildman–Crippen LogP) is -1.72. The van der Waals surface area contributed by atoms with Crippen molar-refractivity contribution in [2.75, 3.05) is 13.1 Å². The zero-order valence-electron chi connectivity index (χ0n) is 9.31. The largest absolute Gasteiger partial charge is 0.480 e. The van der Waals surface area contributed by atoms with Crippen LogP contribution in [0.4, 0.5) is 0 Å². The molecule has 2 aliphatic rings. The maximum atomic E-state index is 12.0. The second-order valence-corrected chi connectivity index (χ2v) is 4.63. The number of aliphatic carboxylic acids is 1. The number of carboxylic acids is 1. The van der Waals surface area contributed by atoms with Gasteiger partial charge < -0.3 is 21.1 Å². The summed E-state index contributed by atoms with van der Waals surface area (Å²) >= 11 is 0. The van der Waals surface area contributed by atoms with Crippen molar-refractivity contribution in [3.8, 4) is 0 Å². The molecule has 94 valence electrons. The average Bonchev–Trinajstić information content (AvgIpc) is 2.85. The Bertz CT molecular complexity index is 384. The molecule has 0 saturated carbocycles. The molecule has 7 heteroatoms. The molecule has 1 unspecified atom stereocenters. The van der Waals surface area contributed by atoms with Crippen LogP contribution in [-0.2, 0) is 14.4 Å². The Morgan fingerprint density at radius 2 is 2.24 bits per heavy atom. The lowest BCUT2D eigenvalue weighted by molar-refractivity contribution is -0.143. The molecule has 0 aliphatic carbocycles. The van der Waals surface area contributed by atoms with Crippen LogP contribution < -0.4 is 11.1 Å². The zero-order chi connectivity index (χ0) is 12.6. The normalized spacial score (nSPS) is 32.6. The molecule has 2 fully saturated rings. The second kappa shape index (κ2) is 3.99. The van der Waals surface area contributed by atoms with Crippen molar-refractivity contribution < 1.29 is 19.5 Å². The topological polar surface area (TPSA) is 113 Å². The highest BCUT2D eigenvalue weighted by Crippen LogP contribution is 2.21. The highest BCUT2D eigenvalue weighted by Gasteiger charge is 2.44. The van der Waals surface area contributed by atoms with E-state index in [1.54, 1.807) is 0 Å². The van der Waals surface area contributed by atoms with E-state index in [2.05, 4.69) is 5.32 Å². The summed E-state index contributed by atoms with van der Waals surface area (Å²) in [6.07, 6.45) is 1.06. The van der Waals surface area contributed by atoms with Crippen molar-refractivity contribution in [2.45, 2.75) is 30.8 Å². The molecule has 0 aromatic carbocycles. The summed E-state index contributed by atoms with van der Waals surface area (Å²) in [5, 5.41) is 11.5. The van der Waals surface area contributed by atoms with Crippen LogP contribution in [0.5, 0.6) is 0 Å². The van der Waals surface area contributed by atoms with Crippen molar-refractivity contribution in [3.63, 3.8) is 0 Å². The molecule has 7 nitrogen and oxygen atoms in total. The Kier molecular flexibility index (Phi) is 2.78. The molecular weight excluding hydrogens is 226 g/mol. The lowest BCUT2D eigenvalue weighted by atomic mass is 10.0. The molecule has 4 N–H and O–H groups in total. The van der Waals surface area contributed by atoms with Crippen LogP contribution >= 0.6 is 0 Å². The van der Waals surface area contributed by atoms with Crippen LogP contribution in [0.1, 0.15) is 19.3 Å². The van der Waals surface area contributed by atoms with Crippen LogP contribution in [0.2, 0.25) is 0 Å². The first-order chi connectivity index (χ1) is 7.92. The first kappa shape index (κ1) is 11.8. The van der Waals surface area contributed by atoms with Gasteiger partial charge in [-0.2, -0.15) is 0 Å². The standard InChI is InChI=1S/C10H15N3O4/c11-10(9(16)17)3-4-13(5-10)8(15)6-1-2-7(14)12-6/h6H,1-5,11H2,(H,12,14)(H,16,17)/t6-,10?/m1/s1. The predicted molar refractivity (Wildman–Crippen MR) is 56.9 cm³/mol. The lowest BCUT2D eigenvalue weighted by Crippen LogP contribution is -2.52. The number of hydrogen-bond donors (Lipinski definition) is 3. The van der Waals surface area contributed by atoms with Gasteiger partial charge in [0.15, 0.2) is 0 Å². The number of nitrogens with one attached hydrogen (secondary N) is 1. The molecule has 0 spiro atoms. The van der Waals surface area contributed by atoms with Gasteiger partial charge in [-0.15, -0.1) is 0 Å². The highest BCUT2D eigenvalue weighted by molar-refractivity contribution is 5.91. The number of nitrogens with two attached hydrogens (primary N) is 1. The zero-order valence-corrected chi connectivity index (χ0v) is 9.31. The van der Waals surface area contributed by atoms with Crippen molar-refractivity contribution in [2.24, 2.45) is 5.73 Å². The molecule has 2 saturated heterocycles. The van der Waals surface area contributed by atoms with Crippen molar-refractivity contribution in [3.05, 3.63) is 0 Å². The van der Waals surface area contributed by atoms with Gasteiger partial charge >= 0.3 is 5.97 Å². The van der Waals surface area contributed by atoms with Gasteiger partial charge in [0.25, 0.3) is 0 Å². The summed E-state index contributed by atoms with van der Waals surface area (Å²) in [5.74, 6) is -1.47. The average molecular weight is 241 g/mol. The lowest BCUT2D eigenvalue weighted by Gasteiger charge is -2.22. The quantitative estimate of drug-likeness (QED) is 0.532. The number of carbonyl (C=O) groups is 3. The summed E-state index contributed by atoms with van der Waals surface area (Å²) in [6, 6.07) is -0.515. The van der Waals surface area contributed by atoms with Gasteiger partial charge in [0.05, 0.1) is 0 Å². The third-order valence-electron chi connectivity index (χ3n) is 3.33. The van der Waals surface area contributed by atoms with Crippen molar-refractivity contribution >= 4 is 17.8 Å². The molecule has 2 amide bonds. The van der Waals surface area contributed by atoms with Gasteiger partial charge in [0, 0.05) is 19.5 Å². The fourth-order valence-corrected chi connectivity index (χ4v) is 2.22. The van der Waals surface area contributed by atoms with E-state index in [4.69, 9.17) is 10.8 Å². The summed E-state index contributed by atoms with van der Waals surface area (Å²) in [6.45, 7) is 0.335. The minimum atomic E-state index is -1.35. The molecule has 0 radical (unpaired) electrons. The number of hydrogen-bond acceptors (Lipinski definition) is 4. The van der Waals surface area contributed by atoms with Crippen molar-refractivity contribution in [1.29, 1.82) is 0 Å². The minimum Gasteiger partial charge on any atom is -0.480 e. The van der Waals surface area contributed by atoms with E-state index in [9.17, 15) is 14.4 Å². The maximum Gasteiger partial charge on any atom is 0.325 e. The van der Waals surface area contributed by atoms with Gasteiger partial charge in [0.1, 0.15) is 11.6 Å². The van der Waals surface area contributed by atoms with Gasteiger partial charge in [-0.25, -0.2) is 0 Å². The van der Waals surface area contributed by atoms with E-state index in [1.165, 1.54) is 4.90 Å². The summed E-state index contributed by atoms with van der Waals surface area (Å²) in [4.78, 5) is 35.3. The van der Waals surface area contributed by atoms with Crippen molar-refractivity contribution in [1.82, 2.24) is 10.2 Å². The fraction of sp³-hybridized carbons (Fsp3) is 0.700. The Morgan fingerprint density at radius 1 is 1.53 bits per heavy atom. The summed E-state index contributed by atoms with van der Waals surface area (Å²) in [5.41, 5.74) is 4.33. The number of likely N-dealkylation sites (tertiary alicyclic amines) is 1. The van der Waals surface area contributed by atoms with E-state index >= 15 is 0 Å². The molecule has 0 aromatic heterocycles. The molecule has 2 rings (SSSR count). The minimum absolute atomic E-state index is 0.00748. The van der Waals surface area contributed by atoms with E-state index in [0.717, 1.165) is 0 Å². The van der Waals surface area contributed by atoms with Crippen LogP contribution in [0.25, 0.3) is 0 Å². The summed E-state index contributed by atoms with van der Waals surface area (Å²) in [7, 11) is 0. The molecule has 2 heterocycles. The molecule has 2 aliphatic heterocycles. The van der Waals surface area contributed by atoms with E-state index in [-0.39, 0.29) is 24.8 Å². The fourth-order valence-electron chi connectivity index (χ4n) is 2.22. The van der Waals surface area contributed by atoms with E-state index in [0.29, 0.717) is 19.4 Å². The number of nitrogens with zero attached hydrogens (tertiary/aromatic N) is 1. The maximum absolute atomic E-state index is 12.0. The van der Waals surface area contributed by atoms with E-state index < -0.39 is 17.6 Å². The SMILES string of the molecule is NC1(C(=O)O)CCN(C(=O)[C@H]2CCC(=O)N2)C1. The third-order valence-corrected chi connectivity index (χ3v) is 3.33. The van der Waals surface area contributed by atoms with Gasteiger partial charge in [0.2, 0.25) is 11.8 Å². The number of rotatable bonds is 2. The smallest absolute Gasteiger partial charge is 0.325 e. The number of carbonyl (C=O) groups excluding carboxylic acids is 2. The first-order valence-electron chi connectivity index (χ1n) is 5.53. The highest BCUT2D eigenvalue weighted by atomic mass is 16.4. The number of amides is 2. The van der Waals surface area contributed by atoms with Crippen LogP contribution in [-0.4, -0.2) is 52.5 Å². The van der Waals surface area contributed by atoms with Crippen LogP contribution in [0.15, 0.2) is 0 Å². The molecule has 17 heavy (non-hydrogen) atoms. The van der Waals surface area contributed by atoms with Gasteiger partial charge in [-0.1, -0.05) is 0 Å². The van der Waals surface area contributed by atoms with Crippen LogP contribution in [0, 0.1) is 0 Å². The molecule has 0 bridgehead atoms. The molecule has 2 atom stereocenters. The monoisotopic (exact) mass is 241 g/mol. The van der Waals surface area contributed by atoms with E-state index in [1.807, 2.05) is 0 Å². The molecule has 0 aromatic rings. The number of carboxylic acid groups (broad SMARTS) is 1. The molecular formula is C10H15N3O4. The Balaban J connectivity index is 1.99.